The molecule has 1 aliphatic rings. The topological polar surface area (TPSA) is 98.5 Å². The molecule has 2 rings (SSSR count). The van der Waals surface area contributed by atoms with Crippen LogP contribution >= 0.6 is 0 Å². The first-order valence-corrected chi connectivity index (χ1v) is 7.77. The molecule has 7 nitrogen and oxygen atoms in total. The Bertz CT molecular complexity index is 578. The van der Waals surface area contributed by atoms with Gasteiger partial charge < -0.3 is 4.74 Å². The Labute approximate surface area is 117 Å². The van der Waals surface area contributed by atoms with Crippen molar-refractivity contribution in [2.75, 3.05) is 6.61 Å². The minimum atomic E-state index is -3.69. The molecule has 1 aliphatic heterocycles. The van der Waals surface area contributed by atoms with Gasteiger partial charge in [-0.1, -0.05) is 0 Å². The minimum Gasteiger partial charge on any atom is -0.377 e. The summed E-state index contributed by atoms with van der Waals surface area (Å²) in [6.45, 7) is 2.40. The second kappa shape index (κ2) is 5.86. The Balaban J connectivity index is 2.11. The van der Waals surface area contributed by atoms with Gasteiger partial charge in [-0.25, -0.2) is 13.1 Å². The lowest BCUT2D eigenvalue weighted by atomic mass is 10.1. The van der Waals surface area contributed by atoms with E-state index in [2.05, 4.69) is 4.72 Å². The van der Waals surface area contributed by atoms with Crippen LogP contribution in [0, 0.1) is 10.1 Å². The van der Waals surface area contributed by atoms with Crippen molar-refractivity contribution in [2.24, 2.45) is 0 Å². The van der Waals surface area contributed by atoms with Crippen LogP contribution in [0.15, 0.2) is 29.2 Å². The number of rotatable bonds is 5. The number of nitrogens with one attached hydrogen (secondary N) is 1. The van der Waals surface area contributed by atoms with Crippen LogP contribution in [-0.2, 0) is 14.8 Å². The lowest BCUT2D eigenvalue weighted by Gasteiger charge is -2.19. The van der Waals surface area contributed by atoms with E-state index in [1.165, 1.54) is 24.3 Å². The smallest absolute Gasteiger partial charge is 0.269 e. The predicted octanol–water partition coefficient (Wildman–Crippen LogP) is 1.44. The summed E-state index contributed by atoms with van der Waals surface area (Å²) in [5, 5.41) is 10.5. The number of nitro groups is 1. The summed E-state index contributed by atoms with van der Waals surface area (Å²) in [4.78, 5) is 9.97. The fourth-order valence-corrected chi connectivity index (χ4v) is 3.40. The number of benzene rings is 1. The third-order valence-corrected chi connectivity index (χ3v) is 4.80. The summed E-state index contributed by atoms with van der Waals surface area (Å²) in [6.07, 6.45) is 1.63. The second-order valence-corrected chi connectivity index (χ2v) is 6.43. The molecule has 1 saturated heterocycles. The molecule has 0 unspecified atom stereocenters. The third kappa shape index (κ3) is 3.33. The predicted molar refractivity (Wildman–Crippen MR) is 71.9 cm³/mol. The number of nitro benzene ring substituents is 1. The van der Waals surface area contributed by atoms with Gasteiger partial charge in [0.2, 0.25) is 10.0 Å². The first-order chi connectivity index (χ1) is 9.40. The molecule has 1 aromatic rings. The zero-order chi connectivity index (χ0) is 14.8. The second-order valence-electron chi connectivity index (χ2n) is 4.71. The van der Waals surface area contributed by atoms with E-state index in [1.807, 2.05) is 0 Å². The molecule has 0 aliphatic carbocycles. The molecule has 20 heavy (non-hydrogen) atoms. The van der Waals surface area contributed by atoms with Crippen molar-refractivity contribution in [3.05, 3.63) is 34.4 Å². The monoisotopic (exact) mass is 300 g/mol. The van der Waals surface area contributed by atoms with Crippen LogP contribution in [-0.4, -0.2) is 32.1 Å². The maximum Gasteiger partial charge on any atom is 0.269 e. The molecule has 110 valence electrons. The zero-order valence-corrected chi connectivity index (χ0v) is 11.8. The van der Waals surface area contributed by atoms with Gasteiger partial charge in [0.1, 0.15) is 0 Å². The SMILES string of the molecule is C[C@H](NS(=O)(=O)c1ccc([N+](=O)[O-])cc1)[C@@H]1CCCO1. The highest BCUT2D eigenvalue weighted by Crippen LogP contribution is 2.19. The molecular weight excluding hydrogens is 284 g/mol. The van der Waals surface area contributed by atoms with Gasteiger partial charge in [0.05, 0.1) is 15.9 Å². The Hall–Kier alpha value is -1.51. The highest BCUT2D eigenvalue weighted by Gasteiger charge is 2.27. The number of sulfonamides is 1. The van der Waals surface area contributed by atoms with E-state index < -0.39 is 14.9 Å². The molecule has 0 bridgehead atoms. The molecule has 0 saturated carbocycles. The van der Waals surface area contributed by atoms with Crippen molar-refractivity contribution in [3.8, 4) is 0 Å². The molecule has 0 amide bonds. The third-order valence-electron chi connectivity index (χ3n) is 3.22. The highest BCUT2D eigenvalue weighted by atomic mass is 32.2. The number of nitrogens with zero attached hydrogens (tertiary/aromatic N) is 1. The van der Waals surface area contributed by atoms with Gasteiger partial charge >= 0.3 is 0 Å². The van der Waals surface area contributed by atoms with Crippen molar-refractivity contribution in [3.63, 3.8) is 0 Å². The zero-order valence-electron chi connectivity index (χ0n) is 11.0. The van der Waals surface area contributed by atoms with Crippen molar-refractivity contribution in [2.45, 2.75) is 36.8 Å². The highest BCUT2D eigenvalue weighted by molar-refractivity contribution is 7.89. The van der Waals surface area contributed by atoms with E-state index in [0.717, 1.165) is 12.8 Å². The maximum atomic E-state index is 12.1. The number of hydrogen-bond donors (Lipinski definition) is 1. The van der Waals surface area contributed by atoms with Gasteiger partial charge in [0.15, 0.2) is 0 Å². The summed E-state index contributed by atoms with van der Waals surface area (Å²) >= 11 is 0. The van der Waals surface area contributed by atoms with Crippen LogP contribution in [0.25, 0.3) is 0 Å². The molecule has 1 N–H and O–H groups in total. The normalized spacial score (nSPS) is 20.8. The molecular formula is C12H16N2O5S. The van der Waals surface area contributed by atoms with E-state index in [1.54, 1.807) is 6.92 Å². The lowest BCUT2D eigenvalue weighted by Crippen LogP contribution is -2.40. The summed E-state index contributed by atoms with van der Waals surface area (Å²) < 4.78 is 32.3. The van der Waals surface area contributed by atoms with Crippen LogP contribution in [0.5, 0.6) is 0 Å². The first-order valence-electron chi connectivity index (χ1n) is 6.28. The summed E-state index contributed by atoms with van der Waals surface area (Å²) in [5.74, 6) is 0. The van der Waals surface area contributed by atoms with Gasteiger partial charge in [0, 0.05) is 24.8 Å². The van der Waals surface area contributed by atoms with Gasteiger partial charge in [-0.05, 0) is 31.9 Å². The molecule has 0 radical (unpaired) electrons. The Kier molecular flexibility index (Phi) is 4.36. The van der Waals surface area contributed by atoms with Crippen LogP contribution in [0.1, 0.15) is 19.8 Å². The lowest BCUT2D eigenvalue weighted by molar-refractivity contribution is -0.384. The number of non-ortho nitro benzene ring substituents is 1. The first kappa shape index (κ1) is 14.9. The molecule has 1 heterocycles. The Morgan fingerprint density at radius 1 is 1.40 bits per heavy atom. The fourth-order valence-electron chi connectivity index (χ4n) is 2.13. The van der Waals surface area contributed by atoms with Crippen LogP contribution < -0.4 is 4.72 Å². The molecule has 1 aromatic carbocycles. The van der Waals surface area contributed by atoms with Crippen molar-refractivity contribution in [1.29, 1.82) is 0 Å². The standard InChI is InChI=1S/C12H16N2O5S/c1-9(12-3-2-8-19-12)13-20(17,18)11-6-4-10(5-7-11)14(15)16/h4-7,9,12-13H,2-3,8H2,1H3/t9-,12-/m0/s1. The van der Waals surface area contributed by atoms with E-state index in [0.29, 0.717) is 6.61 Å². The Morgan fingerprint density at radius 3 is 2.55 bits per heavy atom. The molecule has 8 heteroatoms. The van der Waals surface area contributed by atoms with Crippen molar-refractivity contribution in [1.82, 2.24) is 4.72 Å². The van der Waals surface area contributed by atoms with Crippen LogP contribution in [0.3, 0.4) is 0 Å². The molecule has 2 atom stereocenters. The van der Waals surface area contributed by atoms with Crippen molar-refractivity contribution >= 4 is 15.7 Å². The summed E-state index contributed by atoms with van der Waals surface area (Å²) in [6, 6.07) is 4.46. The molecule has 1 fully saturated rings. The van der Waals surface area contributed by atoms with Gasteiger partial charge in [-0.3, -0.25) is 10.1 Å². The number of hydrogen-bond acceptors (Lipinski definition) is 5. The van der Waals surface area contributed by atoms with E-state index in [4.69, 9.17) is 4.74 Å². The average molecular weight is 300 g/mol. The number of ether oxygens (including phenoxy) is 1. The maximum absolute atomic E-state index is 12.1. The van der Waals surface area contributed by atoms with Crippen LogP contribution in [0.2, 0.25) is 0 Å². The summed E-state index contributed by atoms with van der Waals surface area (Å²) in [5.41, 5.74) is -0.142. The van der Waals surface area contributed by atoms with E-state index in [9.17, 15) is 18.5 Å². The average Bonchev–Trinajstić information content (AvgIpc) is 2.92. The molecule has 0 aromatic heterocycles. The fraction of sp³-hybridized carbons (Fsp3) is 0.500. The van der Waals surface area contributed by atoms with Crippen molar-refractivity contribution < 1.29 is 18.1 Å². The van der Waals surface area contributed by atoms with E-state index in [-0.39, 0.29) is 22.7 Å². The van der Waals surface area contributed by atoms with Gasteiger partial charge in [-0.15, -0.1) is 0 Å². The van der Waals surface area contributed by atoms with Gasteiger partial charge in [0.25, 0.3) is 5.69 Å². The minimum absolute atomic E-state index is 0.00736. The largest absolute Gasteiger partial charge is 0.377 e. The van der Waals surface area contributed by atoms with E-state index >= 15 is 0 Å². The quantitative estimate of drug-likeness (QED) is 0.655. The van der Waals surface area contributed by atoms with Gasteiger partial charge in [-0.2, -0.15) is 0 Å². The summed E-state index contributed by atoms with van der Waals surface area (Å²) in [7, 11) is -3.69. The van der Waals surface area contributed by atoms with Crippen LogP contribution in [0.4, 0.5) is 5.69 Å². The Morgan fingerprint density at radius 2 is 2.05 bits per heavy atom. The molecule has 0 spiro atoms.